The number of fused-ring (bicyclic) bond motifs is 1. The van der Waals surface area contributed by atoms with Gasteiger partial charge in [0.1, 0.15) is 5.02 Å². The van der Waals surface area contributed by atoms with Crippen LogP contribution in [0.25, 0.3) is 17.0 Å². The summed E-state index contributed by atoms with van der Waals surface area (Å²) in [5.74, 6) is 0.459. The van der Waals surface area contributed by atoms with Crippen molar-refractivity contribution in [2.45, 2.75) is 26.2 Å². The fourth-order valence-corrected chi connectivity index (χ4v) is 3.36. The number of nitrogens with zero attached hydrogens (tertiary/aromatic N) is 3. The van der Waals surface area contributed by atoms with Crippen molar-refractivity contribution in [3.63, 3.8) is 0 Å². The Bertz CT molecular complexity index is 1010. The van der Waals surface area contributed by atoms with Gasteiger partial charge >= 0.3 is 0 Å². The number of anilines is 1. The fraction of sp³-hybridized carbons (Fsp3) is 0.333. The second-order valence-electron chi connectivity index (χ2n) is 6.68. The Morgan fingerprint density at radius 2 is 2.00 bits per heavy atom. The Kier molecular flexibility index (Phi) is 3.84. The molecular weight excluding hydrogens is 350 g/mol. The monoisotopic (exact) mass is 367 g/mol. The molecule has 0 radical (unpaired) electrons. The van der Waals surface area contributed by atoms with Gasteiger partial charge in [0.15, 0.2) is 11.5 Å². The van der Waals surface area contributed by atoms with Crippen molar-refractivity contribution in [1.82, 2.24) is 19.8 Å². The lowest BCUT2D eigenvalue weighted by atomic mass is 9.92. The predicted octanol–water partition coefficient (Wildman–Crippen LogP) is 3.05. The Morgan fingerprint density at radius 1 is 1.29 bits per heavy atom. The number of aromatic nitrogens is 4. The third-order valence-electron chi connectivity index (χ3n) is 3.41. The van der Waals surface area contributed by atoms with Crippen LogP contribution in [-0.2, 0) is 15.4 Å². The Balaban J connectivity index is 2.03. The van der Waals surface area contributed by atoms with Crippen molar-refractivity contribution in [3.05, 3.63) is 35.0 Å². The number of hydrogen-bond donors (Lipinski definition) is 2. The zero-order valence-corrected chi connectivity index (χ0v) is 15.3. The van der Waals surface area contributed by atoms with Gasteiger partial charge in [-0.15, -0.1) is 5.10 Å². The van der Waals surface area contributed by atoms with Crippen LogP contribution in [0.1, 0.15) is 26.5 Å². The molecule has 0 saturated heterocycles. The molecule has 0 spiro atoms. The van der Waals surface area contributed by atoms with Crippen molar-refractivity contribution >= 4 is 33.0 Å². The van der Waals surface area contributed by atoms with Crippen molar-refractivity contribution in [2.24, 2.45) is 0 Å². The summed E-state index contributed by atoms with van der Waals surface area (Å²) in [6, 6.07) is 6.88. The van der Waals surface area contributed by atoms with Crippen molar-refractivity contribution in [2.75, 3.05) is 11.0 Å². The Hall–Kier alpha value is -2.06. The van der Waals surface area contributed by atoms with Crippen molar-refractivity contribution in [1.29, 1.82) is 0 Å². The summed E-state index contributed by atoms with van der Waals surface area (Å²) in [6.45, 7) is 6.14. The summed E-state index contributed by atoms with van der Waals surface area (Å²) in [4.78, 5) is 4.47. The van der Waals surface area contributed by atoms with Crippen LogP contribution in [0.4, 0.5) is 5.69 Å². The van der Waals surface area contributed by atoms with E-state index >= 15 is 0 Å². The molecule has 0 unspecified atom stereocenters. The first-order chi connectivity index (χ1) is 11.0. The maximum Gasteiger partial charge on any atom is 0.229 e. The Morgan fingerprint density at radius 3 is 2.58 bits per heavy atom. The van der Waals surface area contributed by atoms with E-state index in [1.807, 2.05) is 20.8 Å². The molecule has 0 aliphatic rings. The van der Waals surface area contributed by atoms with Crippen molar-refractivity contribution in [3.8, 4) is 11.4 Å². The summed E-state index contributed by atoms with van der Waals surface area (Å²) in [5, 5.41) is 8.08. The molecule has 0 aliphatic heterocycles. The molecule has 2 aromatic heterocycles. The molecule has 3 aromatic rings. The molecule has 0 aliphatic carbocycles. The highest BCUT2D eigenvalue weighted by molar-refractivity contribution is 7.92. The van der Waals surface area contributed by atoms with E-state index in [-0.39, 0.29) is 5.41 Å². The molecule has 0 fully saturated rings. The van der Waals surface area contributed by atoms with Crippen LogP contribution in [0, 0.1) is 0 Å². The number of benzene rings is 1. The smallest absolute Gasteiger partial charge is 0.229 e. The van der Waals surface area contributed by atoms with Gasteiger partial charge in [0.05, 0.1) is 11.9 Å². The van der Waals surface area contributed by atoms with Crippen LogP contribution in [0.3, 0.4) is 0 Å². The molecule has 2 N–H and O–H groups in total. The number of sulfonamides is 1. The first kappa shape index (κ1) is 16.8. The van der Waals surface area contributed by atoms with Gasteiger partial charge in [-0.25, -0.2) is 13.4 Å². The van der Waals surface area contributed by atoms with Crippen LogP contribution in [-0.4, -0.2) is 34.5 Å². The van der Waals surface area contributed by atoms with Crippen LogP contribution in [0.15, 0.2) is 24.3 Å². The SMILES string of the molecule is CC(C)(C)c1[nH]n2nc(-c3cccc(NS(C)(=O)=O)c3)nc2c1Cl. The van der Waals surface area contributed by atoms with E-state index in [1.54, 1.807) is 24.3 Å². The molecule has 9 heteroatoms. The lowest BCUT2D eigenvalue weighted by Gasteiger charge is -2.16. The van der Waals surface area contributed by atoms with E-state index in [9.17, 15) is 8.42 Å². The lowest BCUT2D eigenvalue weighted by Crippen LogP contribution is -2.13. The molecule has 0 saturated carbocycles. The third kappa shape index (κ3) is 3.25. The van der Waals surface area contributed by atoms with Gasteiger partial charge in [-0.1, -0.05) is 44.5 Å². The van der Waals surface area contributed by atoms with Crippen LogP contribution in [0.5, 0.6) is 0 Å². The molecule has 0 bridgehead atoms. The fourth-order valence-electron chi connectivity index (χ4n) is 2.35. The molecule has 2 heterocycles. The van der Waals surface area contributed by atoms with E-state index < -0.39 is 10.0 Å². The predicted molar refractivity (Wildman–Crippen MR) is 95.0 cm³/mol. The number of hydrogen-bond acceptors (Lipinski definition) is 4. The zero-order chi connectivity index (χ0) is 17.7. The molecule has 128 valence electrons. The van der Waals surface area contributed by atoms with Gasteiger partial charge in [0.2, 0.25) is 10.0 Å². The summed E-state index contributed by atoms with van der Waals surface area (Å²) in [5.41, 5.74) is 2.39. The van der Waals surface area contributed by atoms with E-state index in [1.165, 1.54) is 4.63 Å². The lowest BCUT2D eigenvalue weighted by molar-refractivity contribution is 0.557. The Labute approximate surface area is 145 Å². The van der Waals surface area contributed by atoms with Crippen LogP contribution < -0.4 is 4.72 Å². The molecule has 3 rings (SSSR count). The highest BCUT2D eigenvalue weighted by Crippen LogP contribution is 2.32. The second-order valence-corrected chi connectivity index (χ2v) is 8.80. The maximum atomic E-state index is 11.4. The normalized spacial score (nSPS) is 12.7. The highest BCUT2D eigenvalue weighted by atomic mass is 35.5. The summed E-state index contributed by atoms with van der Waals surface area (Å²) >= 11 is 6.41. The van der Waals surface area contributed by atoms with Crippen LogP contribution in [0.2, 0.25) is 5.02 Å². The molecule has 0 atom stereocenters. The molecule has 0 amide bonds. The van der Waals surface area contributed by atoms with Gasteiger partial charge in [0, 0.05) is 16.7 Å². The van der Waals surface area contributed by atoms with Gasteiger partial charge < -0.3 is 0 Å². The minimum atomic E-state index is -3.34. The van der Waals surface area contributed by atoms with Crippen molar-refractivity contribution < 1.29 is 8.42 Å². The number of aromatic amines is 1. The molecule has 24 heavy (non-hydrogen) atoms. The highest BCUT2D eigenvalue weighted by Gasteiger charge is 2.24. The summed E-state index contributed by atoms with van der Waals surface area (Å²) in [7, 11) is -3.34. The average Bonchev–Trinajstić information content (AvgIpc) is 2.97. The largest absolute Gasteiger partial charge is 0.284 e. The number of halogens is 1. The summed E-state index contributed by atoms with van der Waals surface area (Å²) in [6.07, 6.45) is 1.10. The number of rotatable bonds is 3. The number of nitrogens with one attached hydrogen (secondary N) is 2. The van der Waals surface area contributed by atoms with E-state index in [0.29, 0.717) is 27.7 Å². The van der Waals surface area contributed by atoms with Gasteiger partial charge in [-0.3, -0.25) is 9.82 Å². The maximum absolute atomic E-state index is 11.4. The van der Waals surface area contributed by atoms with E-state index in [4.69, 9.17) is 11.6 Å². The van der Waals surface area contributed by atoms with E-state index in [0.717, 1.165) is 11.9 Å². The molecular formula is C15H18ClN5O2S. The first-order valence-corrected chi connectivity index (χ1v) is 9.54. The van der Waals surface area contributed by atoms with Gasteiger partial charge in [-0.05, 0) is 12.1 Å². The topological polar surface area (TPSA) is 92.2 Å². The van der Waals surface area contributed by atoms with Gasteiger partial charge in [-0.2, -0.15) is 4.63 Å². The minimum absolute atomic E-state index is 0.154. The minimum Gasteiger partial charge on any atom is -0.284 e. The summed E-state index contributed by atoms with van der Waals surface area (Å²) < 4.78 is 26.7. The molecule has 7 nitrogen and oxygen atoms in total. The quantitative estimate of drug-likeness (QED) is 0.744. The van der Waals surface area contributed by atoms with E-state index in [2.05, 4.69) is 19.9 Å². The first-order valence-electron chi connectivity index (χ1n) is 7.27. The van der Waals surface area contributed by atoms with Crippen LogP contribution >= 0.6 is 11.6 Å². The third-order valence-corrected chi connectivity index (χ3v) is 4.38. The van der Waals surface area contributed by atoms with Gasteiger partial charge in [0.25, 0.3) is 0 Å². The second kappa shape index (κ2) is 5.49. The molecule has 1 aromatic carbocycles. The average molecular weight is 368 g/mol. The number of H-pyrrole nitrogens is 1. The standard InChI is InChI=1S/C15H18ClN5O2S/c1-15(2,3)12-11(16)14-17-13(19-21(14)18-12)9-6-5-7-10(8-9)20-24(4,22)23/h5-8,18,20H,1-4H3. The zero-order valence-electron chi connectivity index (χ0n) is 13.8.